The van der Waals surface area contributed by atoms with E-state index < -0.39 is 12.1 Å². The fraction of sp³-hybridized carbons (Fsp3) is 0.478. The highest BCUT2D eigenvalue weighted by Gasteiger charge is 2.39. The molecule has 1 aromatic heterocycles. The lowest BCUT2D eigenvalue weighted by Crippen LogP contribution is -2.51. The summed E-state index contributed by atoms with van der Waals surface area (Å²) in [7, 11) is 1.31. The molecule has 1 saturated heterocycles. The molecule has 2 atom stereocenters. The maximum Gasteiger partial charge on any atom is 0.407 e. The van der Waals surface area contributed by atoms with Gasteiger partial charge in [0.15, 0.2) is 0 Å². The summed E-state index contributed by atoms with van der Waals surface area (Å²) < 4.78 is 11.5. The number of hydrogen-bond acceptors (Lipinski definition) is 4. The molecular formula is C23H28BrN3O4. The van der Waals surface area contributed by atoms with Crippen molar-refractivity contribution < 1.29 is 19.1 Å². The molecule has 1 aromatic carbocycles. The number of nitrogens with one attached hydrogen (secondary N) is 2. The molecule has 0 bridgehead atoms. The Labute approximate surface area is 190 Å². The number of nitrogens with zero attached hydrogens (tertiary/aromatic N) is 1. The Kier molecular flexibility index (Phi) is 6.39. The number of halogens is 1. The Hall–Kier alpha value is -2.32. The summed E-state index contributed by atoms with van der Waals surface area (Å²) >= 11 is 3.49. The quantitative estimate of drug-likeness (QED) is 0.646. The van der Waals surface area contributed by atoms with Crippen LogP contribution in [0.2, 0.25) is 0 Å². The van der Waals surface area contributed by atoms with Crippen molar-refractivity contribution >= 4 is 27.9 Å². The van der Waals surface area contributed by atoms with Crippen molar-refractivity contribution in [3.8, 4) is 11.3 Å². The molecular weight excluding hydrogens is 462 g/mol. The molecule has 0 saturated carbocycles. The van der Waals surface area contributed by atoms with E-state index in [1.165, 1.54) is 12.7 Å². The Morgan fingerprint density at radius 2 is 1.94 bits per heavy atom. The number of alkyl carbamates (subject to hydrolysis) is 1. The second kappa shape index (κ2) is 9.04. The van der Waals surface area contributed by atoms with Crippen LogP contribution in [0.25, 0.3) is 11.3 Å². The molecule has 166 valence electrons. The predicted molar refractivity (Wildman–Crippen MR) is 120 cm³/mol. The molecule has 2 aliphatic rings. The topological polar surface area (TPSA) is 83.7 Å². The van der Waals surface area contributed by atoms with Crippen LogP contribution in [-0.2, 0) is 27.5 Å². The summed E-state index contributed by atoms with van der Waals surface area (Å²) in [6, 6.07) is 7.51. The number of methoxy groups -OCH3 is 1. The van der Waals surface area contributed by atoms with E-state index in [0.29, 0.717) is 19.8 Å². The predicted octanol–water partition coefficient (Wildman–Crippen LogP) is 4.52. The molecule has 2 amide bonds. The van der Waals surface area contributed by atoms with Crippen molar-refractivity contribution in [3.05, 3.63) is 45.6 Å². The highest BCUT2D eigenvalue weighted by molar-refractivity contribution is 9.10. The first kappa shape index (κ1) is 21.9. The number of rotatable bonds is 5. The van der Waals surface area contributed by atoms with E-state index in [1.807, 2.05) is 30.9 Å². The van der Waals surface area contributed by atoms with Gasteiger partial charge in [-0.05, 0) is 36.5 Å². The fourth-order valence-corrected chi connectivity index (χ4v) is 4.80. The molecule has 0 aliphatic carbocycles. The molecule has 4 rings (SSSR count). The summed E-state index contributed by atoms with van der Waals surface area (Å²) in [5, 5.41) is 2.71. The molecule has 7 nitrogen and oxygen atoms in total. The van der Waals surface area contributed by atoms with Crippen LogP contribution in [-0.4, -0.2) is 41.6 Å². The average Bonchev–Trinajstić information content (AvgIpc) is 3.48. The van der Waals surface area contributed by atoms with Gasteiger partial charge in [0.2, 0.25) is 5.91 Å². The lowest BCUT2D eigenvalue weighted by Gasteiger charge is -2.31. The zero-order chi connectivity index (χ0) is 22.1. The summed E-state index contributed by atoms with van der Waals surface area (Å²) in [5.74, 6) is -0.126. The maximum absolute atomic E-state index is 13.4. The highest BCUT2D eigenvalue weighted by atomic mass is 79.9. The molecule has 1 fully saturated rings. The number of aromatic nitrogens is 1. The molecule has 3 heterocycles. The summed E-state index contributed by atoms with van der Waals surface area (Å²) in [5.41, 5.74) is 5.54. The normalized spacial score (nSPS) is 18.9. The van der Waals surface area contributed by atoms with Crippen molar-refractivity contribution in [2.75, 3.05) is 13.7 Å². The van der Waals surface area contributed by atoms with E-state index in [-0.39, 0.29) is 17.9 Å². The first-order chi connectivity index (χ1) is 14.9. The van der Waals surface area contributed by atoms with E-state index in [4.69, 9.17) is 9.47 Å². The van der Waals surface area contributed by atoms with Gasteiger partial charge in [-0.2, -0.15) is 0 Å². The number of benzene rings is 1. The third-order valence-corrected chi connectivity index (χ3v) is 6.67. The van der Waals surface area contributed by atoms with Gasteiger partial charge in [0.25, 0.3) is 0 Å². The van der Waals surface area contributed by atoms with Crippen LogP contribution in [0, 0.1) is 5.92 Å². The third-order valence-electron chi connectivity index (χ3n) is 6.14. The highest BCUT2D eigenvalue weighted by Crippen LogP contribution is 2.41. The zero-order valence-electron chi connectivity index (χ0n) is 18.0. The minimum absolute atomic E-state index is 0.0520. The smallest absolute Gasteiger partial charge is 0.407 e. The lowest BCUT2D eigenvalue weighted by atomic mass is 10.0. The molecule has 2 aromatic rings. The number of likely N-dealkylation sites (tertiary alicyclic amines) is 1. The van der Waals surface area contributed by atoms with E-state index >= 15 is 0 Å². The Balaban J connectivity index is 1.66. The Morgan fingerprint density at radius 3 is 2.61 bits per heavy atom. The van der Waals surface area contributed by atoms with Crippen molar-refractivity contribution in [2.45, 2.75) is 52.0 Å². The van der Waals surface area contributed by atoms with Gasteiger partial charge in [-0.25, -0.2) is 4.79 Å². The second-order valence-electron chi connectivity index (χ2n) is 8.42. The molecule has 8 heteroatoms. The molecule has 0 spiro atoms. The van der Waals surface area contributed by atoms with Gasteiger partial charge < -0.3 is 24.7 Å². The second-order valence-corrected chi connectivity index (χ2v) is 9.33. The van der Waals surface area contributed by atoms with Crippen LogP contribution in [0.1, 0.15) is 49.6 Å². The maximum atomic E-state index is 13.4. The molecule has 31 heavy (non-hydrogen) atoms. The largest absolute Gasteiger partial charge is 0.453 e. The zero-order valence-corrected chi connectivity index (χ0v) is 19.6. The van der Waals surface area contributed by atoms with Crippen LogP contribution in [0.3, 0.4) is 0 Å². The van der Waals surface area contributed by atoms with Gasteiger partial charge in [0.05, 0.1) is 32.1 Å². The minimum atomic E-state index is -0.627. The van der Waals surface area contributed by atoms with E-state index in [0.717, 1.165) is 39.8 Å². The number of amides is 2. The van der Waals surface area contributed by atoms with Gasteiger partial charge in [-0.15, -0.1) is 0 Å². The SMILES string of the molecule is COC(=O)N[C@H](C(=O)N1CCC[C@H]1c1[nH]c(-c2ccc(Br)cc2)c2c1COC2)C(C)C. The van der Waals surface area contributed by atoms with Crippen LogP contribution in [0.4, 0.5) is 4.79 Å². The number of aromatic amines is 1. The van der Waals surface area contributed by atoms with Gasteiger partial charge >= 0.3 is 6.09 Å². The number of carbonyl (C=O) groups is 2. The third kappa shape index (κ3) is 4.23. The molecule has 2 aliphatic heterocycles. The number of ether oxygens (including phenoxy) is 2. The van der Waals surface area contributed by atoms with Crippen molar-refractivity contribution in [1.82, 2.24) is 15.2 Å². The average molecular weight is 490 g/mol. The van der Waals surface area contributed by atoms with Gasteiger partial charge in [0, 0.05) is 27.8 Å². The van der Waals surface area contributed by atoms with Crippen molar-refractivity contribution in [3.63, 3.8) is 0 Å². The van der Waals surface area contributed by atoms with Gasteiger partial charge in [-0.1, -0.05) is 41.9 Å². The fourth-order valence-electron chi connectivity index (χ4n) is 4.53. The van der Waals surface area contributed by atoms with Crippen LogP contribution < -0.4 is 5.32 Å². The summed E-state index contributed by atoms with van der Waals surface area (Å²) in [6.07, 6.45) is 1.21. The van der Waals surface area contributed by atoms with Crippen molar-refractivity contribution in [2.24, 2.45) is 5.92 Å². The number of H-pyrrole nitrogens is 1. The first-order valence-corrected chi connectivity index (χ1v) is 11.4. The van der Waals surface area contributed by atoms with Gasteiger partial charge in [0.1, 0.15) is 6.04 Å². The van der Waals surface area contributed by atoms with E-state index in [2.05, 4.69) is 38.4 Å². The molecule has 0 unspecified atom stereocenters. The number of hydrogen-bond donors (Lipinski definition) is 2. The minimum Gasteiger partial charge on any atom is -0.453 e. The monoisotopic (exact) mass is 489 g/mol. The summed E-state index contributed by atoms with van der Waals surface area (Å²) in [6.45, 7) is 5.63. The van der Waals surface area contributed by atoms with E-state index in [1.54, 1.807) is 0 Å². The van der Waals surface area contributed by atoms with Crippen LogP contribution >= 0.6 is 15.9 Å². The van der Waals surface area contributed by atoms with Crippen LogP contribution in [0.15, 0.2) is 28.7 Å². The standard InChI is InChI=1S/C23H28BrN3O4/c1-13(2)19(26-23(29)30-3)22(28)27-10-4-5-18(27)21-17-12-31-11-16(17)20(25-21)14-6-8-15(24)9-7-14/h6-9,13,18-19,25H,4-5,10-12H2,1-3H3,(H,26,29)/t18-,19-/m0/s1. The Bertz CT molecular complexity index is 970. The lowest BCUT2D eigenvalue weighted by molar-refractivity contribution is -0.135. The number of carbonyl (C=O) groups excluding carboxylic acids is 2. The van der Waals surface area contributed by atoms with E-state index in [9.17, 15) is 9.59 Å². The van der Waals surface area contributed by atoms with Crippen LogP contribution in [0.5, 0.6) is 0 Å². The first-order valence-electron chi connectivity index (χ1n) is 10.6. The molecule has 2 N–H and O–H groups in total. The summed E-state index contributed by atoms with van der Waals surface area (Å²) in [4.78, 5) is 30.8. The van der Waals surface area contributed by atoms with Gasteiger partial charge in [-0.3, -0.25) is 4.79 Å². The number of fused-ring (bicyclic) bond motifs is 1. The Morgan fingerprint density at radius 1 is 1.23 bits per heavy atom. The van der Waals surface area contributed by atoms with Crippen molar-refractivity contribution in [1.29, 1.82) is 0 Å². The molecule has 0 radical (unpaired) electrons.